The predicted octanol–water partition coefficient (Wildman–Crippen LogP) is 1.56. The quantitative estimate of drug-likeness (QED) is 0.823. The highest BCUT2D eigenvalue weighted by molar-refractivity contribution is 5.86. The second-order valence-corrected chi connectivity index (χ2v) is 6.56. The van der Waals surface area contributed by atoms with Crippen molar-refractivity contribution in [1.82, 2.24) is 5.32 Å². The summed E-state index contributed by atoms with van der Waals surface area (Å²) < 4.78 is 5.65. The SMILES string of the molecule is CC1CCCCC1NC(=O)C1C2CCC(O2)C1C(=O)O. The molecule has 3 fully saturated rings. The maximum absolute atomic E-state index is 12.5. The summed E-state index contributed by atoms with van der Waals surface area (Å²) in [5.41, 5.74) is 0. The summed E-state index contributed by atoms with van der Waals surface area (Å²) in [6, 6.07) is 0.199. The first-order valence-corrected chi connectivity index (χ1v) is 7.76. The predicted molar refractivity (Wildman–Crippen MR) is 72.1 cm³/mol. The van der Waals surface area contributed by atoms with E-state index >= 15 is 0 Å². The van der Waals surface area contributed by atoms with Crippen molar-refractivity contribution in [2.24, 2.45) is 17.8 Å². The Morgan fingerprint density at radius 1 is 1.05 bits per heavy atom. The van der Waals surface area contributed by atoms with E-state index in [9.17, 15) is 14.7 Å². The molecule has 5 nitrogen and oxygen atoms in total. The molecular formula is C15H23NO4. The third-order valence-electron chi connectivity index (χ3n) is 5.30. The van der Waals surface area contributed by atoms with E-state index < -0.39 is 17.8 Å². The molecule has 0 aromatic heterocycles. The number of aliphatic carboxylic acids is 1. The van der Waals surface area contributed by atoms with Crippen LogP contribution in [-0.4, -0.2) is 35.2 Å². The molecular weight excluding hydrogens is 258 g/mol. The van der Waals surface area contributed by atoms with Crippen molar-refractivity contribution in [1.29, 1.82) is 0 Å². The number of fused-ring (bicyclic) bond motifs is 2. The first-order valence-electron chi connectivity index (χ1n) is 7.76. The van der Waals surface area contributed by atoms with Gasteiger partial charge in [0.1, 0.15) is 0 Å². The molecule has 3 rings (SSSR count). The van der Waals surface area contributed by atoms with Crippen molar-refractivity contribution in [2.45, 2.75) is 63.7 Å². The van der Waals surface area contributed by atoms with Gasteiger partial charge in [0, 0.05) is 6.04 Å². The molecule has 2 saturated heterocycles. The molecule has 1 saturated carbocycles. The van der Waals surface area contributed by atoms with Crippen LogP contribution in [0.1, 0.15) is 45.4 Å². The van der Waals surface area contributed by atoms with E-state index in [4.69, 9.17) is 4.74 Å². The molecule has 3 aliphatic rings. The fourth-order valence-corrected chi connectivity index (χ4v) is 4.13. The van der Waals surface area contributed by atoms with E-state index in [0.29, 0.717) is 5.92 Å². The minimum atomic E-state index is -0.894. The summed E-state index contributed by atoms with van der Waals surface area (Å²) in [5.74, 6) is -1.68. The Morgan fingerprint density at radius 2 is 1.70 bits per heavy atom. The van der Waals surface area contributed by atoms with Gasteiger partial charge in [0.05, 0.1) is 24.0 Å². The minimum Gasteiger partial charge on any atom is -0.481 e. The molecule has 6 unspecified atom stereocenters. The average Bonchev–Trinajstić information content (AvgIpc) is 3.01. The summed E-state index contributed by atoms with van der Waals surface area (Å²) in [6.07, 6.45) is 5.63. The number of carbonyl (C=O) groups is 2. The van der Waals surface area contributed by atoms with Crippen LogP contribution in [0.25, 0.3) is 0 Å². The number of carboxylic acids is 1. The zero-order valence-electron chi connectivity index (χ0n) is 11.9. The van der Waals surface area contributed by atoms with Crippen LogP contribution in [-0.2, 0) is 14.3 Å². The maximum atomic E-state index is 12.5. The van der Waals surface area contributed by atoms with Gasteiger partial charge >= 0.3 is 5.97 Å². The summed E-state index contributed by atoms with van der Waals surface area (Å²) in [5, 5.41) is 12.5. The van der Waals surface area contributed by atoms with Gasteiger partial charge in [-0.25, -0.2) is 0 Å². The van der Waals surface area contributed by atoms with E-state index in [1.807, 2.05) is 0 Å². The van der Waals surface area contributed by atoms with Crippen molar-refractivity contribution >= 4 is 11.9 Å². The van der Waals surface area contributed by atoms with Crippen molar-refractivity contribution in [3.05, 3.63) is 0 Å². The van der Waals surface area contributed by atoms with Crippen LogP contribution in [0.3, 0.4) is 0 Å². The van der Waals surface area contributed by atoms with Gasteiger partial charge in [-0.3, -0.25) is 9.59 Å². The summed E-state index contributed by atoms with van der Waals surface area (Å²) in [7, 11) is 0. The van der Waals surface area contributed by atoms with E-state index in [0.717, 1.165) is 32.1 Å². The van der Waals surface area contributed by atoms with E-state index in [-0.39, 0.29) is 24.2 Å². The van der Waals surface area contributed by atoms with Crippen molar-refractivity contribution in [3.63, 3.8) is 0 Å². The second-order valence-electron chi connectivity index (χ2n) is 6.56. The molecule has 5 heteroatoms. The van der Waals surface area contributed by atoms with E-state index in [1.54, 1.807) is 0 Å². The van der Waals surface area contributed by atoms with Gasteiger partial charge in [-0.1, -0.05) is 19.8 Å². The van der Waals surface area contributed by atoms with Gasteiger partial charge < -0.3 is 15.2 Å². The number of carboxylic acid groups (broad SMARTS) is 1. The molecule has 1 amide bonds. The number of ether oxygens (including phenoxy) is 1. The Balaban J connectivity index is 1.68. The van der Waals surface area contributed by atoms with Crippen LogP contribution in [0.15, 0.2) is 0 Å². The molecule has 20 heavy (non-hydrogen) atoms. The van der Waals surface area contributed by atoms with Gasteiger partial charge in [-0.05, 0) is 31.6 Å². The Labute approximate surface area is 119 Å². The molecule has 112 valence electrons. The molecule has 0 radical (unpaired) electrons. The highest BCUT2D eigenvalue weighted by Crippen LogP contribution is 2.43. The topological polar surface area (TPSA) is 75.6 Å². The molecule has 1 aliphatic carbocycles. The Hall–Kier alpha value is -1.10. The number of amides is 1. The molecule has 6 atom stereocenters. The lowest BCUT2D eigenvalue weighted by Crippen LogP contribution is -2.49. The van der Waals surface area contributed by atoms with Gasteiger partial charge in [0.2, 0.25) is 5.91 Å². The lowest BCUT2D eigenvalue weighted by Gasteiger charge is -2.32. The number of hydrogen-bond donors (Lipinski definition) is 2. The fourth-order valence-electron chi connectivity index (χ4n) is 4.13. The highest BCUT2D eigenvalue weighted by atomic mass is 16.5. The maximum Gasteiger partial charge on any atom is 0.310 e. The monoisotopic (exact) mass is 281 g/mol. The van der Waals surface area contributed by atoms with Crippen LogP contribution in [0.4, 0.5) is 0 Å². The lowest BCUT2D eigenvalue weighted by atomic mass is 9.78. The van der Waals surface area contributed by atoms with Crippen LogP contribution in [0.2, 0.25) is 0 Å². The zero-order valence-corrected chi connectivity index (χ0v) is 11.9. The van der Waals surface area contributed by atoms with Crippen molar-refractivity contribution in [3.8, 4) is 0 Å². The third-order valence-corrected chi connectivity index (χ3v) is 5.30. The summed E-state index contributed by atoms with van der Waals surface area (Å²) >= 11 is 0. The van der Waals surface area contributed by atoms with Gasteiger partial charge in [0.25, 0.3) is 0 Å². The lowest BCUT2D eigenvalue weighted by molar-refractivity contribution is -0.148. The summed E-state index contributed by atoms with van der Waals surface area (Å²) in [4.78, 5) is 23.9. The Kier molecular flexibility index (Phi) is 3.71. The van der Waals surface area contributed by atoms with Gasteiger partial charge in [-0.15, -0.1) is 0 Å². The van der Waals surface area contributed by atoms with Gasteiger partial charge in [-0.2, -0.15) is 0 Å². The molecule has 2 aliphatic heterocycles. The van der Waals surface area contributed by atoms with Crippen LogP contribution < -0.4 is 5.32 Å². The molecule has 2 bridgehead atoms. The number of carbonyl (C=O) groups excluding carboxylic acids is 1. The van der Waals surface area contributed by atoms with Crippen LogP contribution in [0, 0.1) is 17.8 Å². The van der Waals surface area contributed by atoms with Gasteiger partial charge in [0.15, 0.2) is 0 Å². The fraction of sp³-hybridized carbons (Fsp3) is 0.867. The number of rotatable bonds is 3. The largest absolute Gasteiger partial charge is 0.481 e. The molecule has 0 spiro atoms. The Morgan fingerprint density at radius 3 is 2.35 bits per heavy atom. The molecule has 2 heterocycles. The van der Waals surface area contributed by atoms with Crippen molar-refractivity contribution < 1.29 is 19.4 Å². The molecule has 0 aromatic rings. The third kappa shape index (κ3) is 2.32. The smallest absolute Gasteiger partial charge is 0.310 e. The van der Waals surface area contributed by atoms with E-state index in [1.165, 1.54) is 6.42 Å². The second kappa shape index (κ2) is 5.35. The summed E-state index contributed by atoms with van der Waals surface area (Å²) in [6.45, 7) is 2.16. The normalized spacial score (nSPS) is 43.5. The number of hydrogen-bond acceptors (Lipinski definition) is 3. The Bertz CT molecular complexity index is 411. The zero-order chi connectivity index (χ0) is 14.3. The average molecular weight is 281 g/mol. The minimum absolute atomic E-state index is 0.108. The van der Waals surface area contributed by atoms with E-state index in [2.05, 4.69) is 12.2 Å². The first kappa shape index (κ1) is 13.9. The van der Waals surface area contributed by atoms with Crippen LogP contribution >= 0.6 is 0 Å². The standard InChI is InChI=1S/C15H23NO4/c1-8-4-2-3-5-9(8)16-14(17)12-10-6-7-11(20-10)13(12)15(18)19/h8-13H,2-7H2,1H3,(H,16,17)(H,18,19). The molecule has 0 aromatic carbocycles. The van der Waals surface area contributed by atoms with Crippen molar-refractivity contribution in [2.75, 3.05) is 0 Å². The number of nitrogens with one attached hydrogen (secondary N) is 1. The molecule has 2 N–H and O–H groups in total. The first-order chi connectivity index (χ1) is 9.58. The van der Waals surface area contributed by atoms with Crippen LogP contribution in [0.5, 0.6) is 0 Å². The highest BCUT2D eigenvalue weighted by Gasteiger charge is 2.55.